The highest BCUT2D eigenvalue weighted by atomic mass is 35.5. The molecule has 3 rings (SSSR count). The van der Waals surface area contributed by atoms with E-state index in [9.17, 15) is 0 Å². The van der Waals surface area contributed by atoms with E-state index in [0.29, 0.717) is 19.1 Å². The lowest BCUT2D eigenvalue weighted by molar-refractivity contribution is 0.171. The van der Waals surface area contributed by atoms with Crippen LogP contribution in [0.4, 0.5) is 0 Å². The van der Waals surface area contributed by atoms with Crippen LogP contribution >= 0.6 is 11.6 Å². The molecule has 0 unspecified atom stereocenters. The van der Waals surface area contributed by atoms with E-state index in [2.05, 4.69) is 12.1 Å². The second-order valence-electron chi connectivity index (χ2n) is 4.19. The van der Waals surface area contributed by atoms with Crippen LogP contribution < -0.4 is 9.47 Å². The number of alkyl halides is 1. The molecule has 1 heterocycles. The molecule has 0 N–H and O–H groups in total. The van der Waals surface area contributed by atoms with E-state index in [4.69, 9.17) is 21.1 Å². The normalized spacial score (nSPS) is 13.4. The van der Waals surface area contributed by atoms with Gasteiger partial charge in [-0.2, -0.15) is 0 Å². The van der Waals surface area contributed by atoms with Crippen LogP contribution in [0.1, 0.15) is 5.56 Å². The van der Waals surface area contributed by atoms with E-state index >= 15 is 0 Å². The zero-order valence-corrected chi connectivity index (χ0v) is 10.6. The summed E-state index contributed by atoms with van der Waals surface area (Å²) in [5.41, 5.74) is 3.38. The fraction of sp³-hybridized carbons (Fsp3) is 0.200. The summed E-state index contributed by atoms with van der Waals surface area (Å²) in [5, 5.41) is 0. The third-order valence-electron chi connectivity index (χ3n) is 2.96. The first-order valence-electron chi connectivity index (χ1n) is 5.92. The first-order valence-corrected chi connectivity index (χ1v) is 6.45. The number of fused-ring (bicyclic) bond motifs is 1. The minimum Gasteiger partial charge on any atom is -0.486 e. The number of rotatable bonds is 2. The molecule has 2 nitrogen and oxygen atoms in total. The minimum atomic E-state index is 0.526. The van der Waals surface area contributed by atoms with Crippen molar-refractivity contribution >= 4 is 11.6 Å². The van der Waals surface area contributed by atoms with Crippen LogP contribution in [0.5, 0.6) is 11.5 Å². The van der Waals surface area contributed by atoms with Gasteiger partial charge >= 0.3 is 0 Å². The molecule has 1 aliphatic rings. The van der Waals surface area contributed by atoms with Crippen LogP contribution in [0.3, 0.4) is 0 Å². The van der Waals surface area contributed by atoms with Gasteiger partial charge in [-0.15, -0.1) is 11.6 Å². The van der Waals surface area contributed by atoms with Crippen molar-refractivity contribution in [1.29, 1.82) is 0 Å². The zero-order chi connectivity index (χ0) is 12.4. The fourth-order valence-electron chi connectivity index (χ4n) is 2.06. The summed E-state index contributed by atoms with van der Waals surface area (Å²) in [7, 11) is 0. The number of ether oxygens (including phenoxy) is 2. The molecule has 92 valence electrons. The van der Waals surface area contributed by atoms with Gasteiger partial charge in [0.25, 0.3) is 0 Å². The van der Waals surface area contributed by atoms with Gasteiger partial charge in [-0.25, -0.2) is 0 Å². The second kappa shape index (κ2) is 4.91. The van der Waals surface area contributed by atoms with Crippen LogP contribution in [0.15, 0.2) is 42.5 Å². The predicted molar refractivity (Wildman–Crippen MR) is 72.4 cm³/mol. The molecular weight excluding hydrogens is 248 g/mol. The maximum Gasteiger partial charge on any atom is 0.161 e. The third-order valence-corrected chi connectivity index (χ3v) is 3.27. The maximum atomic E-state index is 5.86. The van der Waals surface area contributed by atoms with E-state index in [1.807, 2.05) is 30.3 Å². The molecule has 18 heavy (non-hydrogen) atoms. The highest BCUT2D eigenvalue weighted by molar-refractivity contribution is 6.17. The Kier molecular flexibility index (Phi) is 3.11. The van der Waals surface area contributed by atoms with Crippen LogP contribution in [0.25, 0.3) is 11.1 Å². The average Bonchev–Trinajstić information content (AvgIpc) is 2.47. The summed E-state index contributed by atoms with van der Waals surface area (Å²) in [5.74, 6) is 2.16. The van der Waals surface area contributed by atoms with Gasteiger partial charge in [0.15, 0.2) is 11.5 Å². The van der Waals surface area contributed by atoms with Crippen LogP contribution in [-0.4, -0.2) is 13.2 Å². The van der Waals surface area contributed by atoms with E-state index in [1.165, 1.54) is 0 Å². The lowest BCUT2D eigenvalue weighted by atomic mass is 10.0. The van der Waals surface area contributed by atoms with Crippen molar-refractivity contribution in [3.05, 3.63) is 48.0 Å². The molecule has 3 heteroatoms. The molecule has 0 amide bonds. The molecule has 0 atom stereocenters. The van der Waals surface area contributed by atoms with Crippen molar-refractivity contribution in [3.8, 4) is 22.6 Å². The van der Waals surface area contributed by atoms with Crippen LogP contribution in [0, 0.1) is 0 Å². The predicted octanol–water partition coefficient (Wildman–Crippen LogP) is 3.86. The van der Waals surface area contributed by atoms with E-state index in [1.54, 1.807) is 0 Å². The third kappa shape index (κ3) is 2.16. The van der Waals surface area contributed by atoms with Crippen molar-refractivity contribution in [1.82, 2.24) is 0 Å². The number of hydrogen-bond acceptors (Lipinski definition) is 2. The van der Waals surface area contributed by atoms with Crippen molar-refractivity contribution in [2.24, 2.45) is 0 Å². The molecule has 0 saturated heterocycles. The van der Waals surface area contributed by atoms with Gasteiger partial charge in [-0.3, -0.25) is 0 Å². The molecule has 0 aliphatic carbocycles. The number of benzene rings is 2. The van der Waals surface area contributed by atoms with Crippen LogP contribution in [0.2, 0.25) is 0 Å². The minimum absolute atomic E-state index is 0.526. The summed E-state index contributed by atoms with van der Waals surface area (Å²) < 4.78 is 11.1. The molecule has 0 bridgehead atoms. The fourth-order valence-corrected chi connectivity index (χ4v) is 2.22. The molecule has 2 aromatic rings. The van der Waals surface area contributed by atoms with Crippen molar-refractivity contribution in [2.45, 2.75) is 5.88 Å². The molecule has 2 aromatic carbocycles. The van der Waals surface area contributed by atoms with E-state index in [0.717, 1.165) is 28.2 Å². The van der Waals surface area contributed by atoms with Gasteiger partial charge in [0.1, 0.15) is 13.2 Å². The molecule has 0 aromatic heterocycles. The van der Waals surface area contributed by atoms with Gasteiger partial charge in [-0.05, 0) is 34.9 Å². The Morgan fingerprint density at radius 3 is 2.50 bits per heavy atom. The maximum absolute atomic E-state index is 5.86. The summed E-state index contributed by atoms with van der Waals surface area (Å²) >= 11 is 5.86. The van der Waals surface area contributed by atoms with Crippen molar-refractivity contribution in [3.63, 3.8) is 0 Å². The largest absolute Gasteiger partial charge is 0.486 e. The lowest BCUT2D eigenvalue weighted by Crippen LogP contribution is -2.15. The molecule has 0 fully saturated rings. The zero-order valence-electron chi connectivity index (χ0n) is 9.86. The van der Waals surface area contributed by atoms with E-state index in [-0.39, 0.29) is 0 Å². The Labute approximate surface area is 111 Å². The van der Waals surface area contributed by atoms with Gasteiger partial charge in [0.2, 0.25) is 0 Å². The molecule has 0 spiro atoms. The Morgan fingerprint density at radius 2 is 1.67 bits per heavy atom. The first kappa shape index (κ1) is 11.4. The summed E-state index contributed by atoms with van der Waals surface area (Å²) in [6, 6.07) is 14.2. The smallest absolute Gasteiger partial charge is 0.161 e. The summed E-state index contributed by atoms with van der Waals surface area (Å²) in [4.78, 5) is 0. The van der Waals surface area contributed by atoms with Gasteiger partial charge < -0.3 is 9.47 Å². The monoisotopic (exact) mass is 260 g/mol. The van der Waals surface area contributed by atoms with Gasteiger partial charge in [-0.1, -0.05) is 24.3 Å². The molecular formula is C15H13ClO2. The van der Waals surface area contributed by atoms with Gasteiger partial charge in [0, 0.05) is 5.88 Å². The SMILES string of the molecule is ClCc1cccc(-c2ccc3c(c2)OCCO3)c1. The second-order valence-corrected chi connectivity index (χ2v) is 4.46. The van der Waals surface area contributed by atoms with Gasteiger partial charge in [0.05, 0.1) is 0 Å². The molecule has 0 radical (unpaired) electrons. The highest BCUT2D eigenvalue weighted by Crippen LogP contribution is 2.34. The van der Waals surface area contributed by atoms with E-state index < -0.39 is 0 Å². The Bertz CT molecular complexity index is 566. The van der Waals surface area contributed by atoms with Crippen LogP contribution in [-0.2, 0) is 5.88 Å². The number of halogens is 1. The Morgan fingerprint density at radius 1 is 0.889 bits per heavy atom. The summed E-state index contributed by atoms with van der Waals surface area (Å²) in [6.45, 7) is 1.23. The van der Waals surface area contributed by atoms with Crippen molar-refractivity contribution in [2.75, 3.05) is 13.2 Å². The average molecular weight is 261 g/mol. The van der Waals surface area contributed by atoms with Crippen molar-refractivity contribution < 1.29 is 9.47 Å². The highest BCUT2D eigenvalue weighted by Gasteiger charge is 2.12. The lowest BCUT2D eigenvalue weighted by Gasteiger charge is -2.19. The molecule has 0 saturated carbocycles. The Balaban J connectivity index is 2.00. The standard InChI is InChI=1S/C15H13ClO2/c16-10-11-2-1-3-12(8-11)13-4-5-14-15(9-13)18-7-6-17-14/h1-5,8-9H,6-7,10H2. The molecule has 1 aliphatic heterocycles. The first-order chi connectivity index (χ1) is 8.86. The number of hydrogen-bond donors (Lipinski definition) is 0. The topological polar surface area (TPSA) is 18.5 Å². The quantitative estimate of drug-likeness (QED) is 0.764. The Hall–Kier alpha value is -1.67. The summed E-state index contributed by atoms with van der Waals surface area (Å²) in [6.07, 6.45) is 0.